The molecule has 0 aliphatic carbocycles. The van der Waals surface area contributed by atoms with Crippen molar-refractivity contribution in [2.75, 3.05) is 18.6 Å². The van der Waals surface area contributed by atoms with Gasteiger partial charge in [0.05, 0.1) is 0 Å². The van der Waals surface area contributed by atoms with E-state index in [-0.39, 0.29) is 0 Å². The molecule has 0 saturated carbocycles. The second-order valence-electron chi connectivity index (χ2n) is 4.24. The summed E-state index contributed by atoms with van der Waals surface area (Å²) in [6, 6.07) is 5.85. The fourth-order valence-corrected chi connectivity index (χ4v) is 2.22. The van der Waals surface area contributed by atoms with E-state index in [2.05, 4.69) is 22.6 Å². The Morgan fingerprint density at radius 1 is 1.33 bits per heavy atom. The highest BCUT2D eigenvalue weighted by atomic mass is 32.2. The van der Waals surface area contributed by atoms with Gasteiger partial charge >= 0.3 is 0 Å². The topological polar surface area (TPSA) is 48.7 Å². The molecule has 0 fully saturated rings. The van der Waals surface area contributed by atoms with Crippen LogP contribution in [0, 0.1) is 11.3 Å². The lowest BCUT2D eigenvalue weighted by molar-refractivity contribution is 0.599. The lowest BCUT2D eigenvalue weighted by atomic mass is 10.2. The number of hydrogen-bond donors (Lipinski definition) is 1. The van der Waals surface area contributed by atoms with E-state index in [0.717, 1.165) is 18.7 Å². The van der Waals surface area contributed by atoms with E-state index in [9.17, 15) is 0 Å². The highest BCUT2D eigenvalue weighted by molar-refractivity contribution is 7.98. The van der Waals surface area contributed by atoms with Crippen molar-refractivity contribution in [2.45, 2.75) is 32.2 Å². The molecule has 1 aromatic rings. The summed E-state index contributed by atoms with van der Waals surface area (Å²) in [5.41, 5.74) is 1.62. The Morgan fingerprint density at radius 3 is 2.94 bits per heavy atom. The van der Waals surface area contributed by atoms with Gasteiger partial charge in [-0.15, -0.1) is 0 Å². The summed E-state index contributed by atoms with van der Waals surface area (Å²) < 4.78 is 0. The summed E-state index contributed by atoms with van der Waals surface area (Å²) in [6.07, 6.45) is 9.04. The highest BCUT2D eigenvalue weighted by Gasteiger charge is 1.96. The van der Waals surface area contributed by atoms with Crippen molar-refractivity contribution in [2.24, 2.45) is 0 Å². The van der Waals surface area contributed by atoms with E-state index in [0.29, 0.717) is 5.69 Å². The van der Waals surface area contributed by atoms with Crippen molar-refractivity contribution < 1.29 is 0 Å². The van der Waals surface area contributed by atoms with E-state index in [4.69, 9.17) is 5.26 Å². The average Bonchev–Trinajstić information content (AvgIpc) is 2.42. The van der Waals surface area contributed by atoms with Crippen molar-refractivity contribution in [3.05, 3.63) is 29.6 Å². The van der Waals surface area contributed by atoms with Crippen LogP contribution in [0.4, 0.5) is 0 Å². The smallest absolute Gasteiger partial charge is 0.140 e. The van der Waals surface area contributed by atoms with E-state index < -0.39 is 0 Å². The number of nitriles is 1. The fraction of sp³-hybridized carbons (Fsp3) is 0.571. The van der Waals surface area contributed by atoms with Crippen LogP contribution in [-0.4, -0.2) is 23.5 Å². The normalized spacial score (nSPS) is 10.2. The standard InChI is InChI=1S/C14H21N3S/c1-18-9-5-3-2-4-7-16-12-13-6-8-17-14(10-13)11-15/h6,8,10,16H,2-5,7,9,12H2,1H3. The van der Waals surface area contributed by atoms with Crippen LogP contribution < -0.4 is 5.32 Å². The number of pyridine rings is 1. The van der Waals surface area contributed by atoms with Gasteiger partial charge in [-0.3, -0.25) is 0 Å². The van der Waals surface area contributed by atoms with Gasteiger partial charge in [0, 0.05) is 12.7 Å². The second-order valence-corrected chi connectivity index (χ2v) is 5.23. The summed E-state index contributed by atoms with van der Waals surface area (Å²) in [6.45, 7) is 1.87. The molecule has 0 spiro atoms. The second kappa shape index (κ2) is 9.93. The molecule has 0 aliphatic rings. The number of hydrogen-bond acceptors (Lipinski definition) is 4. The van der Waals surface area contributed by atoms with Gasteiger partial charge in [-0.1, -0.05) is 12.8 Å². The number of nitrogens with zero attached hydrogens (tertiary/aromatic N) is 2. The number of thioether (sulfide) groups is 1. The minimum Gasteiger partial charge on any atom is -0.313 e. The SMILES string of the molecule is CSCCCCCCNCc1ccnc(C#N)c1. The monoisotopic (exact) mass is 263 g/mol. The predicted octanol–water partition coefficient (Wildman–Crippen LogP) is 2.97. The molecule has 0 atom stereocenters. The van der Waals surface area contributed by atoms with E-state index >= 15 is 0 Å². The zero-order valence-electron chi connectivity index (χ0n) is 11.0. The van der Waals surface area contributed by atoms with Crippen LogP contribution >= 0.6 is 11.8 Å². The summed E-state index contributed by atoms with van der Waals surface area (Å²) in [7, 11) is 0. The van der Waals surface area contributed by atoms with Gasteiger partial charge < -0.3 is 5.32 Å². The van der Waals surface area contributed by atoms with Crippen LogP contribution in [0.5, 0.6) is 0 Å². The molecule has 0 bridgehead atoms. The van der Waals surface area contributed by atoms with Crippen molar-refractivity contribution >= 4 is 11.8 Å². The molecule has 18 heavy (non-hydrogen) atoms. The third-order valence-electron chi connectivity index (χ3n) is 2.72. The van der Waals surface area contributed by atoms with Crippen LogP contribution in [0.2, 0.25) is 0 Å². The van der Waals surface area contributed by atoms with Gasteiger partial charge in [-0.2, -0.15) is 17.0 Å². The van der Waals surface area contributed by atoms with E-state index in [1.807, 2.05) is 23.9 Å². The summed E-state index contributed by atoms with van der Waals surface area (Å²) in [5, 5.41) is 12.1. The largest absolute Gasteiger partial charge is 0.313 e. The van der Waals surface area contributed by atoms with Gasteiger partial charge in [0.25, 0.3) is 0 Å². The molecule has 0 unspecified atom stereocenters. The van der Waals surface area contributed by atoms with Crippen LogP contribution in [0.25, 0.3) is 0 Å². The van der Waals surface area contributed by atoms with E-state index in [1.165, 1.54) is 31.4 Å². The zero-order valence-corrected chi connectivity index (χ0v) is 11.8. The van der Waals surface area contributed by atoms with Gasteiger partial charge in [-0.25, -0.2) is 4.98 Å². The molecular formula is C14H21N3S. The van der Waals surface area contributed by atoms with Crippen molar-refractivity contribution in [1.29, 1.82) is 5.26 Å². The minimum absolute atomic E-state index is 0.492. The molecule has 0 radical (unpaired) electrons. The van der Waals surface area contributed by atoms with Crippen LogP contribution in [0.1, 0.15) is 36.9 Å². The Hall–Kier alpha value is -1.05. The Morgan fingerprint density at radius 2 is 2.17 bits per heavy atom. The molecule has 0 saturated heterocycles. The Kier molecular flexibility index (Phi) is 8.28. The maximum atomic E-state index is 8.74. The minimum atomic E-state index is 0.492. The number of rotatable bonds is 9. The Labute approximate surface area is 114 Å². The lowest BCUT2D eigenvalue weighted by Gasteiger charge is -2.05. The number of nitrogens with one attached hydrogen (secondary N) is 1. The highest BCUT2D eigenvalue weighted by Crippen LogP contribution is 2.04. The number of aromatic nitrogens is 1. The molecule has 1 rings (SSSR count). The first-order chi connectivity index (χ1) is 8.86. The first-order valence-corrected chi connectivity index (χ1v) is 7.81. The molecule has 1 N–H and O–H groups in total. The Balaban J connectivity index is 2.05. The maximum Gasteiger partial charge on any atom is 0.140 e. The third-order valence-corrected chi connectivity index (χ3v) is 3.42. The Bertz CT molecular complexity index is 374. The number of unbranched alkanes of at least 4 members (excludes halogenated alkanes) is 3. The zero-order chi connectivity index (χ0) is 13.1. The maximum absolute atomic E-state index is 8.74. The first-order valence-electron chi connectivity index (χ1n) is 6.41. The van der Waals surface area contributed by atoms with Crippen molar-refractivity contribution in [1.82, 2.24) is 10.3 Å². The molecule has 1 heterocycles. The molecule has 4 heteroatoms. The van der Waals surface area contributed by atoms with Crippen molar-refractivity contribution in [3.8, 4) is 6.07 Å². The molecule has 0 aliphatic heterocycles. The molecule has 0 amide bonds. The quantitative estimate of drug-likeness (QED) is 0.696. The van der Waals surface area contributed by atoms with Gasteiger partial charge in [0.2, 0.25) is 0 Å². The third kappa shape index (κ3) is 6.63. The first kappa shape index (κ1) is 15.0. The van der Waals surface area contributed by atoms with E-state index in [1.54, 1.807) is 6.20 Å². The molecule has 0 aromatic carbocycles. The molecular weight excluding hydrogens is 242 g/mol. The van der Waals surface area contributed by atoms with Gasteiger partial charge in [0.15, 0.2) is 0 Å². The predicted molar refractivity (Wildman–Crippen MR) is 77.5 cm³/mol. The van der Waals surface area contributed by atoms with Gasteiger partial charge in [-0.05, 0) is 49.1 Å². The molecule has 98 valence electrons. The average molecular weight is 263 g/mol. The lowest BCUT2D eigenvalue weighted by Crippen LogP contribution is -2.14. The van der Waals surface area contributed by atoms with Gasteiger partial charge in [0.1, 0.15) is 11.8 Å². The molecule has 1 aromatic heterocycles. The van der Waals surface area contributed by atoms with Crippen LogP contribution in [0.15, 0.2) is 18.3 Å². The fourth-order valence-electron chi connectivity index (χ4n) is 1.73. The summed E-state index contributed by atoms with van der Waals surface area (Å²) >= 11 is 1.92. The van der Waals surface area contributed by atoms with Crippen LogP contribution in [0.3, 0.4) is 0 Å². The van der Waals surface area contributed by atoms with Crippen LogP contribution in [-0.2, 0) is 6.54 Å². The summed E-state index contributed by atoms with van der Waals surface area (Å²) in [5.74, 6) is 1.28. The molecule has 3 nitrogen and oxygen atoms in total. The summed E-state index contributed by atoms with van der Waals surface area (Å²) in [4.78, 5) is 3.95. The van der Waals surface area contributed by atoms with Crippen molar-refractivity contribution in [3.63, 3.8) is 0 Å².